The van der Waals surface area contributed by atoms with Gasteiger partial charge in [0.05, 0.1) is 5.69 Å². The summed E-state index contributed by atoms with van der Waals surface area (Å²) in [5.74, 6) is -0.249. The molecule has 1 N–H and O–H groups in total. The molecule has 0 atom stereocenters. The van der Waals surface area contributed by atoms with E-state index in [0.717, 1.165) is 11.1 Å². The molecule has 0 aliphatic rings. The van der Waals surface area contributed by atoms with Crippen molar-refractivity contribution < 1.29 is 17.9 Å². The highest BCUT2D eigenvalue weighted by molar-refractivity contribution is 5.56. The number of hydrogen-bond donors (Lipinski definition) is 1. The van der Waals surface area contributed by atoms with E-state index in [9.17, 15) is 13.2 Å². The zero-order valence-electron chi connectivity index (χ0n) is 10.7. The molecule has 0 saturated heterocycles. The Bertz CT molecular complexity index is 585. The van der Waals surface area contributed by atoms with E-state index in [1.54, 1.807) is 18.5 Å². The first-order chi connectivity index (χ1) is 9.46. The summed E-state index contributed by atoms with van der Waals surface area (Å²) >= 11 is 0. The molecule has 1 heterocycles. The van der Waals surface area contributed by atoms with Crippen molar-refractivity contribution in [2.45, 2.75) is 19.8 Å². The van der Waals surface area contributed by atoms with Crippen molar-refractivity contribution in [3.63, 3.8) is 0 Å². The molecule has 1 aromatic heterocycles. The van der Waals surface area contributed by atoms with Gasteiger partial charge in [0.1, 0.15) is 0 Å². The molecule has 0 aliphatic carbocycles. The third kappa shape index (κ3) is 3.88. The summed E-state index contributed by atoms with van der Waals surface area (Å²) in [6.45, 7) is 2.29. The van der Waals surface area contributed by atoms with Gasteiger partial charge in [0.15, 0.2) is 5.75 Å². The number of nitrogens with one attached hydrogen (secondary N) is 1. The van der Waals surface area contributed by atoms with Crippen molar-refractivity contribution >= 4 is 5.69 Å². The second-order valence-electron chi connectivity index (χ2n) is 4.20. The summed E-state index contributed by atoms with van der Waals surface area (Å²) in [6.07, 6.45) is -1.36. The zero-order valence-corrected chi connectivity index (χ0v) is 10.7. The first-order valence-corrected chi connectivity index (χ1v) is 5.94. The smallest absolute Gasteiger partial charge is 0.404 e. The molecule has 106 valence electrons. The molecule has 0 bridgehead atoms. The number of nitrogens with zero attached hydrogens (tertiary/aromatic N) is 1. The number of aryl methyl sites for hydroxylation is 1. The normalized spacial score (nSPS) is 11.2. The average molecular weight is 282 g/mol. The molecule has 2 aromatic rings. The van der Waals surface area contributed by atoms with Crippen LogP contribution in [0.2, 0.25) is 0 Å². The van der Waals surface area contributed by atoms with Crippen LogP contribution in [0, 0.1) is 6.92 Å². The maximum Gasteiger partial charge on any atom is 0.573 e. The Balaban J connectivity index is 2.12. The third-order valence-corrected chi connectivity index (χ3v) is 2.73. The number of anilines is 1. The standard InChI is InChI=1S/C14H13F3N2O/c1-10-6-7-18-8-11(10)9-19-12-4-2-3-5-13(12)20-14(15,16)17/h2-8,19H,9H2,1H3. The predicted molar refractivity (Wildman–Crippen MR) is 69.4 cm³/mol. The molecule has 2 rings (SSSR count). The minimum absolute atomic E-state index is 0.249. The SMILES string of the molecule is Cc1ccncc1CNc1ccccc1OC(F)(F)F. The highest BCUT2D eigenvalue weighted by atomic mass is 19.4. The van der Waals surface area contributed by atoms with Crippen LogP contribution in [0.25, 0.3) is 0 Å². The number of ether oxygens (including phenoxy) is 1. The van der Waals surface area contributed by atoms with E-state index in [4.69, 9.17) is 0 Å². The molecule has 20 heavy (non-hydrogen) atoms. The first-order valence-electron chi connectivity index (χ1n) is 5.94. The number of alkyl halides is 3. The van der Waals surface area contributed by atoms with E-state index in [-0.39, 0.29) is 11.4 Å². The van der Waals surface area contributed by atoms with Gasteiger partial charge < -0.3 is 10.1 Å². The lowest BCUT2D eigenvalue weighted by Gasteiger charge is -2.15. The Labute approximate surface area is 114 Å². The molecule has 0 spiro atoms. The summed E-state index contributed by atoms with van der Waals surface area (Å²) in [6, 6.07) is 7.77. The van der Waals surface area contributed by atoms with E-state index in [1.165, 1.54) is 18.2 Å². The molecule has 0 aliphatic heterocycles. The van der Waals surface area contributed by atoms with Crippen LogP contribution in [0.4, 0.5) is 18.9 Å². The van der Waals surface area contributed by atoms with Crippen LogP contribution in [0.5, 0.6) is 5.75 Å². The Morgan fingerprint density at radius 1 is 1.20 bits per heavy atom. The monoisotopic (exact) mass is 282 g/mol. The fraction of sp³-hybridized carbons (Fsp3) is 0.214. The number of pyridine rings is 1. The molecule has 0 fully saturated rings. The number of halogens is 3. The van der Waals surface area contributed by atoms with Crippen molar-refractivity contribution in [1.82, 2.24) is 4.98 Å². The fourth-order valence-corrected chi connectivity index (χ4v) is 1.70. The lowest BCUT2D eigenvalue weighted by molar-refractivity contribution is -0.274. The number of benzene rings is 1. The fourth-order valence-electron chi connectivity index (χ4n) is 1.70. The van der Waals surface area contributed by atoms with Crippen LogP contribution in [-0.4, -0.2) is 11.3 Å². The van der Waals surface area contributed by atoms with Gasteiger partial charge in [0, 0.05) is 18.9 Å². The second-order valence-corrected chi connectivity index (χ2v) is 4.20. The summed E-state index contributed by atoms with van der Waals surface area (Å²) < 4.78 is 40.8. The van der Waals surface area contributed by atoms with Crippen molar-refractivity contribution in [1.29, 1.82) is 0 Å². The van der Waals surface area contributed by atoms with Crippen LogP contribution in [-0.2, 0) is 6.54 Å². The number of aromatic nitrogens is 1. The predicted octanol–water partition coefficient (Wildman–Crippen LogP) is 3.90. The average Bonchev–Trinajstić information content (AvgIpc) is 2.37. The number of rotatable bonds is 4. The van der Waals surface area contributed by atoms with Crippen molar-refractivity contribution in [3.05, 3.63) is 53.9 Å². The van der Waals surface area contributed by atoms with E-state index < -0.39 is 6.36 Å². The quantitative estimate of drug-likeness (QED) is 0.923. The molecular formula is C14H13F3N2O. The first kappa shape index (κ1) is 14.2. The van der Waals surface area contributed by atoms with Crippen molar-refractivity contribution in [2.75, 3.05) is 5.32 Å². The van der Waals surface area contributed by atoms with E-state index >= 15 is 0 Å². The second kappa shape index (κ2) is 5.81. The van der Waals surface area contributed by atoms with Gasteiger partial charge in [-0.3, -0.25) is 4.98 Å². The third-order valence-electron chi connectivity index (χ3n) is 2.73. The number of hydrogen-bond acceptors (Lipinski definition) is 3. The van der Waals surface area contributed by atoms with Gasteiger partial charge in [0.2, 0.25) is 0 Å². The summed E-state index contributed by atoms with van der Waals surface area (Å²) in [5, 5.41) is 2.93. The summed E-state index contributed by atoms with van der Waals surface area (Å²) in [7, 11) is 0. The molecule has 3 nitrogen and oxygen atoms in total. The van der Waals surface area contributed by atoms with E-state index in [2.05, 4.69) is 15.0 Å². The Hall–Kier alpha value is -2.24. The van der Waals surface area contributed by atoms with Gasteiger partial charge >= 0.3 is 6.36 Å². The zero-order chi connectivity index (χ0) is 14.6. The molecule has 6 heteroatoms. The van der Waals surface area contributed by atoms with Crippen LogP contribution < -0.4 is 10.1 Å². The topological polar surface area (TPSA) is 34.2 Å². The van der Waals surface area contributed by atoms with Gasteiger partial charge in [0.25, 0.3) is 0 Å². The van der Waals surface area contributed by atoms with Crippen LogP contribution in [0.3, 0.4) is 0 Å². The van der Waals surface area contributed by atoms with Gasteiger partial charge in [-0.2, -0.15) is 0 Å². The lowest BCUT2D eigenvalue weighted by Crippen LogP contribution is -2.18. The Kier molecular flexibility index (Phi) is 4.12. The Morgan fingerprint density at radius 3 is 2.65 bits per heavy atom. The highest BCUT2D eigenvalue weighted by Crippen LogP contribution is 2.30. The minimum Gasteiger partial charge on any atom is -0.404 e. The maximum absolute atomic E-state index is 12.3. The summed E-state index contributed by atoms with van der Waals surface area (Å²) in [4.78, 5) is 3.99. The molecule has 1 aromatic carbocycles. The lowest BCUT2D eigenvalue weighted by atomic mass is 10.1. The van der Waals surface area contributed by atoms with Crippen LogP contribution in [0.1, 0.15) is 11.1 Å². The van der Waals surface area contributed by atoms with Crippen molar-refractivity contribution in [2.24, 2.45) is 0 Å². The number of para-hydroxylation sites is 2. The van der Waals surface area contributed by atoms with Gasteiger partial charge in [-0.1, -0.05) is 12.1 Å². The largest absolute Gasteiger partial charge is 0.573 e. The summed E-state index contributed by atoms with van der Waals surface area (Å²) in [5.41, 5.74) is 2.21. The molecule has 0 amide bonds. The van der Waals surface area contributed by atoms with Gasteiger partial charge in [-0.15, -0.1) is 13.2 Å². The van der Waals surface area contributed by atoms with Crippen LogP contribution >= 0.6 is 0 Å². The van der Waals surface area contributed by atoms with Gasteiger partial charge in [-0.05, 0) is 36.2 Å². The molecule has 0 saturated carbocycles. The molecular weight excluding hydrogens is 269 g/mol. The Morgan fingerprint density at radius 2 is 1.95 bits per heavy atom. The van der Waals surface area contributed by atoms with Gasteiger partial charge in [-0.25, -0.2) is 0 Å². The van der Waals surface area contributed by atoms with Crippen molar-refractivity contribution in [3.8, 4) is 5.75 Å². The minimum atomic E-state index is -4.71. The van der Waals surface area contributed by atoms with E-state index in [1.807, 2.05) is 13.0 Å². The maximum atomic E-state index is 12.3. The highest BCUT2D eigenvalue weighted by Gasteiger charge is 2.32. The van der Waals surface area contributed by atoms with E-state index in [0.29, 0.717) is 6.54 Å². The van der Waals surface area contributed by atoms with Crippen LogP contribution in [0.15, 0.2) is 42.7 Å². The molecule has 0 radical (unpaired) electrons. The molecule has 0 unspecified atom stereocenters.